The van der Waals surface area contributed by atoms with Crippen LogP contribution >= 0.6 is 0 Å². The number of rotatable bonds is 4. The highest BCUT2D eigenvalue weighted by molar-refractivity contribution is 5.87. The van der Waals surface area contributed by atoms with E-state index in [1.54, 1.807) is 11.8 Å². The molecule has 0 aromatic carbocycles. The first-order valence-corrected chi connectivity index (χ1v) is 6.46. The minimum Gasteiger partial charge on any atom is -0.481 e. The summed E-state index contributed by atoms with van der Waals surface area (Å²) in [6.45, 7) is 4.82. The Bertz CT molecular complexity index is 349. The average molecular weight is 239 g/mol. The van der Waals surface area contributed by atoms with Gasteiger partial charge in [0.1, 0.15) is 0 Å². The van der Waals surface area contributed by atoms with Gasteiger partial charge in [-0.1, -0.05) is 13.3 Å². The molecule has 1 N–H and O–H groups in total. The van der Waals surface area contributed by atoms with Crippen LogP contribution in [0.5, 0.6) is 0 Å². The van der Waals surface area contributed by atoms with Crippen molar-refractivity contribution in [2.45, 2.75) is 46.0 Å². The molecule has 4 nitrogen and oxygen atoms in total. The molecule has 1 unspecified atom stereocenters. The van der Waals surface area contributed by atoms with Gasteiger partial charge in [0.05, 0.1) is 5.41 Å². The van der Waals surface area contributed by atoms with E-state index < -0.39 is 11.4 Å². The third kappa shape index (κ3) is 2.05. The Morgan fingerprint density at radius 2 is 1.94 bits per heavy atom. The highest BCUT2D eigenvalue weighted by Crippen LogP contribution is 2.52. The molecule has 0 spiro atoms. The van der Waals surface area contributed by atoms with Crippen LogP contribution in [0.3, 0.4) is 0 Å². The predicted molar refractivity (Wildman–Crippen MR) is 63.5 cm³/mol. The van der Waals surface area contributed by atoms with Crippen molar-refractivity contribution in [3.8, 4) is 0 Å². The Balaban J connectivity index is 2.02. The summed E-state index contributed by atoms with van der Waals surface area (Å²) in [7, 11) is 0. The van der Waals surface area contributed by atoms with Crippen LogP contribution in [0, 0.1) is 10.8 Å². The number of carboxylic acids is 1. The molecular weight excluding hydrogens is 218 g/mol. The van der Waals surface area contributed by atoms with Gasteiger partial charge < -0.3 is 10.0 Å². The maximum absolute atomic E-state index is 12.4. The Labute approximate surface area is 102 Å². The van der Waals surface area contributed by atoms with Crippen molar-refractivity contribution in [2.75, 3.05) is 13.1 Å². The smallest absolute Gasteiger partial charge is 0.311 e. The van der Waals surface area contributed by atoms with Crippen LogP contribution in [0.1, 0.15) is 46.0 Å². The number of amides is 1. The first kappa shape index (κ1) is 12.4. The molecule has 1 heterocycles. The molecule has 96 valence electrons. The van der Waals surface area contributed by atoms with Gasteiger partial charge in [-0.3, -0.25) is 9.59 Å². The van der Waals surface area contributed by atoms with Crippen LogP contribution in [0.15, 0.2) is 0 Å². The zero-order valence-corrected chi connectivity index (χ0v) is 10.7. The Kier molecular flexibility index (Phi) is 2.92. The van der Waals surface area contributed by atoms with Gasteiger partial charge in [-0.15, -0.1) is 0 Å². The molecule has 0 aromatic rings. The number of carbonyl (C=O) groups excluding carboxylic acids is 1. The van der Waals surface area contributed by atoms with Gasteiger partial charge in [0.2, 0.25) is 5.91 Å². The lowest BCUT2D eigenvalue weighted by atomic mass is 9.90. The summed E-state index contributed by atoms with van der Waals surface area (Å²) in [5.41, 5.74) is -0.865. The summed E-state index contributed by atoms with van der Waals surface area (Å²) < 4.78 is 0. The van der Waals surface area contributed by atoms with Crippen LogP contribution in [0.4, 0.5) is 0 Å². The van der Waals surface area contributed by atoms with E-state index >= 15 is 0 Å². The predicted octanol–water partition coefficient (Wildman–Crippen LogP) is 1.89. The quantitative estimate of drug-likeness (QED) is 0.815. The molecule has 2 fully saturated rings. The number of hydrogen-bond acceptors (Lipinski definition) is 2. The van der Waals surface area contributed by atoms with E-state index in [-0.39, 0.29) is 11.3 Å². The Morgan fingerprint density at radius 1 is 1.29 bits per heavy atom. The summed E-state index contributed by atoms with van der Waals surface area (Å²) in [4.78, 5) is 25.3. The van der Waals surface area contributed by atoms with Gasteiger partial charge >= 0.3 is 5.97 Å². The average Bonchev–Trinajstić information content (AvgIpc) is 2.94. The minimum atomic E-state index is -0.784. The molecule has 0 radical (unpaired) electrons. The molecule has 1 saturated carbocycles. The van der Waals surface area contributed by atoms with Crippen molar-refractivity contribution in [1.29, 1.82) is 0 Å². The second-order valence-electron chi connectivity index (χ2n) is 5.87. The zero-order valence-electron chi connectivity index (χ0n) is 10.7. The highest BCUT2D eigenvalue weighted by atomic mass is 16.4. The highest BCUT2D eigenvalue weighted by Gasteiger charge is 2.53. The van der Waals surface area contributed by atoms with E-state index in [1.807, 2.05) is 0 Å². The van der Waals surface area contributed by atoms with Gasteiger partial charge in [0, 0.05) is 18.5 Å². The topological polar surface area (TPSA) is 57.6 Å². The first-order valence-electron chi connectivity index (χ1n) is 6.46. The summed E-state index contributed by atoms with van der Waals surface area (Å²) in [5, 5.41) is 9.16. The third-order valence-corrected chi connectivity index (χ3v) is 4.31. The SMILES string of the molecule is CCCC1(C(=O)N2CCC(C)(C(=O)O)C2)CC1. The lowest BCUT2D eigenvalue weighted by molar-refractivity contribution is -0.147. The van der Waals surface area contributed by atoms with Crippen LogP contribution < -0.4 is 0 Å². The van der Waals surface area contributed by atoms with E-state index in [2.05, 4.69) is 6.92 Å². The standard InChI is InChI=1S/C13H21NO3/c1-3-4-13(5-6-13)10(15)14-8-7-12(2,9-14)11(16)17/h3-9H2,1-2H3,(H,16,17). The van der Waals surface area contributed by atoms with Crippen molar-refractivity contribution in [2.24, 2.45) is 10.8 Å². The fraction of sp³-hybridized carbons (Fsp3) is 0.846. The van der Waals surface area contributed by atoms with E-state index in [0.717, 1.165) is 25.7 Å². The van der Waals surface area contributed by atoms with Crippen LogP contribution in [-0.2, 0) is 9.59 Å². The van der Waals surface area contributed by atoms with E-state index in [1.165, 1.54) is 0 Å². The lowest BCUT2D eigenvalue weighted by Gasteiger charge is -2.24. The molecule has 2 rings (SSSR count). The van der Waals surface area contributed by atoms with Gasteiger partial charge in [0.15, 0.2) is 0 Å². The second kappa shape index (κ2) is 4.00. The van der Waals surface area contributed by atoms with Crippen LogP contribution in [0.2, 0.25) is 0 Å². The number of carboxylic acid groups (broad SMARTS) is 1. The molecule has 17 heavy (non-hydrogen) atoms. The van der Waals surface area contributed by atoms with Crippen molar-refractivity contribution >= 4 is 11.9 Å². The Hall–Kier alpha value is -1.06. The minimum absolute atomic E-state index is 0.126. The van der Waals surface area contributed by atoms with Gasteiger partial charge in [-0.05, 0) is 32.6 Å². The monoisotopic (exact) mass is 239 g/mol. The molecule has 1 saturated heterocycles. The molecule has 4 heteroatoms. The molecular formula is C13H21NO3. The van der Waals surface area contributed by atoms with E-state index in [4.69, 9.17) is 5.11 Å². The first-order chi connectivity index (χ1) is 7.93. The van der Waals surface area contributed by atoms with E-state index in [9.17, 15) is 9.59 Å². The fourth-order valence-corrected chi connectivity index (χ4v) is 2.84. The van der Waals surface area contributed by atoms with Crippen molar-refractivity contribution in [1.82, 2.24) is 4.90 Å². The maximum Gasteiger partial charge on any atom is 0.311 e. The van der Waals surface area contributed by atoms with Crippen molar-refractivity contribution in [3.63, 3.8) is 0 Å². The van der Waals surface area contributed by atoms with E-state index in [0.29, 0.717) is 19.5 Å². The van der Waals surface area contributed by atoms with Gasteiger partial charge in [-0.25, -0.2) is 0 Å². The summed E-state index contributed by atoms with van der Waals surface area (Å²) >= 11 is 0. The number of carbonyl (C=O) groups is 2. The largest absolute Gasteiger partial charge is 0.481 e. The third-order valence-electron chi connectivity index (χ3n) is 4.31. The number of hydrogen-bond donors (Lipinski definition) is 1. The number of nitrogens with zero attached hydrogens (tertiary/aromatic N) is 1. The second-order valence-corrected chi connectivity index (χ2v) is 5.87. The molecule has 1 aliphatic carbocycles. The number of likely N-dealkylation sites (tertiary alicyclic amines) is 1. The molecule has 0 aromatic heterocycles. The summed E-state index contributed by atoms with van der Waals surface area (Å²) in [6, 6.07) is 0. The lowest BCUT2D eigenvalue weighted by Crippen LogP contribution is -2.38. The molecule has 1 aliphatic heterocycles. The van der Waals surface area contributed by atoms with Gasteiger partial charge in [0.25, 0.3) is 0 Å². The van der Waals surface area contributed by atoms with Crippen molar-refractivity contribution in [3.05, 3.63) is 0 Å². The molecule has 2 aliphatic rings. The summed E-state index contributed by atoms with van der Waals surface area (Å²) in [6.07, 6.45) is 4.53. The molecule has 0 bridgehead atoms. The van der Waals surface area contributed by atoms with Gasteiger partial charge in [-0.2, -0.15) is 0 Å². The Morgan fingerprint density at radius 3 is 2.35 bits per heavy atom. The van der Waals surface area contributed by atoms with Crippen LogP contribution in [-0.4, -0.2) is 35.0 Å². The van der Waals surface area contributed by atoms with Crippen molar-refractivity contribution < 1.29 is 14.7 Å². The van der Waals surface area contributed by atoms with Crippen LogP contribution in [0.25, 0.3) is 0 Å². The molecule has 1 atom stereocenters. The summed E-state index contributed by atoms with van der Waals surface area (Å²) in [5.74, 6) is -0.586. The maximum atomic E-state index is 12.4. The zero-order chi connectivity index (χ0) is 12.7. The fourth-order valence-electron chi connectivity index (χ4n) is 2.84. The normalized spacial score (nSPS) is 30.4. The molecule has 1 amide bonds. The number of aliphatic carboxylic acids is 1.